The van der Waals surface area contributed by atoms with Crippen molar-refractivity contribution in [3.63, 3.8) is 0 Å². The number of hydrogen-bond acceptors (Lipinski definition) is 3. The van der Waals surface area contributed by atoms with Gasteiger partial charge in [-0.1, -0.05) is 18.2 Å². The highest BCUT2D eigenvalue weighted by Gasteiger charge is 2.20. The van der Waals surface area contributed by atoms with Crippen LogP contribution in [-0.2, 0) is 11.2 Å². The summed E-state index contributed by atoms with van der Waals surface area (Å²) in [6, 6.07) is 7.06. The Morgan fingerprint density at radius 1 is 1.38 bits per heavy atom. The zero-order valence-corrected chi connectivity index (χ0v) is 7.19. The summed E-state index contributed by atoms with van der Waals surface area (Å²) in [5, 5.41) is 0. The fourth-order valence-corrected chi connectivity index (χ4v) is 1.38. The minimum Gasteiger partial charge on any atom is -0.491 e. The van der Waals surface area contributed by atoms with Gasteiger partial charge < -0.3 is 10.5 Å². The van der Waals surface area contributed by atoms with Crippen LogP contribution in [-0.4, -0.2) is 18.4 Å². The normalized spacial score (nSPS) is 21.6. The van der Waals surface area contributed by atoms with Crippen molar-refractivity contribution >= 4 is 5.78 Å². The molecular weight excluding hydrogens is 166 g/mol. The van der Waals surface area contributed by atoms with E-state index in [4.69, 9.17) is 10.5 Å². The molecule has 3 heteroatoms. The Morgan fingerprint density at radius 3 is 3.00 bits per heavy atom. The van der Waals surface area contributed by atoms with E-state index >= 15 is 0 Å². The molecule has 1 aromatic carbocycles. The first-order chi connectivity index (χ1) is 6.27. The van der Waals surface area contributed by atoms with Crippen LogP contribution in [0, 0.1) is 0 Å². The molecule has 0 radical (unpaired) electrons. The van der Waals surface area contributed by atoms with Crippen LogP contribution in [0.25, 0.3) is 0 Å². The average Bonchev–Trinajstić information content (AvgIpc) is 2.28. The maximum atomic E-state index is 11.4. The van der Waals surface area contributed by atoms with E-state index in [1.165, 1.54) is 0 Å². The Labute approximate surface area is 76.5 Å². The van der Waals surface area contributed by atoms with Gasteiger partial charge in [0.25, 0.3) is 0 Å². The molecule has 0 spiro atoms. The summed E-state index contributed by atoms with van der Waals surface area (Å²) in [6.07, 6.45) is 0.386. The van der Waals surface area contributed by atoms with Gasteiger partial charge >= 0.3 is 0 Å². The number of ether oxygens (including phenoxy) is 1. The second kappa shape index (κ2) is 3.18. The van der Waals surface area contributed by atoms with Crippen molar-refractivity contribution in [3.05, 3.63) is 29.8 Å². The van der Waals surface area contributed by atoms with E-state index in [2.05, 4.69) is 0 Å². The Balaban J connectivity index is 2.35. The fraction of sp³-hybridized carbons (Fsp3) is 0.300. The SMILES string of the molecule is N[C@H]1COc2ccccc2CC1=O. The van der Waals surface area contributed by atoms with Gasteiger partial charge in [0.1, 0.15) is 12.4 Å². The highest BCUT2D eigenvalue weighted by atomic mass is 16.5. The lowest BCUT2D eigenvalue weighted by atomic mass is 10.1. The Kier molecular flexibility index (Phi) is 2.02. The minimum atomic E-state index is -0.479. The number of nitrogens with two attached hydrogens (primary N) is 1. The average molecular weight is 177 g/mol. The van der Waals surface area contributed by atoms with Gasteiger partial charge in [-0.25, -0.2) is 0 Å². The maximum absolute atomic E-state index is 11.4. The summed E-state index contributed by atoms with van der Waals surface area (Å²) in [4.78, 5) is 11.4. The van der Waals surface area contributed by atoms with Gasteiger partial charge in [0.05, 0.1) is 6.04 Å². The minimum absolute atomic E-state index is 0.0463. The van der Waals surface area contributed by atoms with Gasteiger partial charge in [0.2, 0.25) is 0 Å². The summed E-state index contributed by atoms with van der Waals surface area (Å²) in [5.41, 5.74) is 6.51. The molecule has 0 aromatic heterocycles. The number of carbonyl (C=O) groups is 1. The predicted molar refractivity (Wildman–Crippen MR) is 48.6 cm³/mol. The third-order valence-corrected chi connectivity index (χ3v) is 2.17. The molecule has 2 rings (SSSR count). The molecule has 0 saturated heterocycles. The van der Waals surface area contributed by atoms with E-state index in [0.717, 1.165) is 11.3 Å². The molecule has 2 N–H and O–H groups in total. The molecule has 0 aliphatic carbocycles. The van der Waals surface area contributed by atoms with E-state index < -0.39 is 6.04 Å². The van der Waals surface area contributed by atoms with Gasteiger partial charge in [0.15, 0.2) is 5.78 Å². The number of benzene rings is 1. The van der Waals surface area contributed by atoms with Gasteiger partial charge in [-0.05, 0) is 6.07 Å². The monoisotopic (exact) mass is 177 g/mol. The second-order valence-electron chi connectivity index (χ2n) is 3.17. The van der Waals surface area contributed by atoms with E-state index in [0.29, 0.717) is 6.42 Å². The Bertz CT molecular complexity index is 335. The molecule has 0 unspecified atom stereocenters. The third-order valence-electron chi connectivity index (χ3n) is 2.17. The van der Waals surface area contributed by atoms with Crippen molar-refractivity contribution < 1.29 is 9.53 Å². The van der Waals surface area contributed by atoms with Crippen LogP contribution in [0.4, 0.5) is 0 Å². The molecule has 13 heavy (non-hydrogen) atoms. The van der Waals surface area contributed by atoms with Crippen molar-refractivity contribution in [2.24, 2.45) is 5.73 Å². The molecule has 1 aliphatic rings. The predicted octanol–water partition coefficient (Wildman–Crippen LogP) is 0.518. The summed E-state index contributed by atoms with van der Waals surface area (Å²) < 4.78 is 5.39. The standard InChI is InChI=1S/C10H11NO2/c11-8-6-13-10-4-2-1-3-7(10)5-9(8)12/h1-4,8H,5-6,11H2/t8-/m0/s1. The highest BCUT2D eigenvalue weighted by molar-refractivity contribution is 5.87. The molecule has 68 valence electrons. The number of rotatable bonds is 0. The van der Waals surface area contributed by atoms with Crippen molar-refractivity contribution in [2.75, 3.05) is 6.61 Å². The van der Waals surface area contributed by atoms with Crippen LogP contribution in [0.3, 0.4) is 0 Å². The summed E-state index contributed by atoms with van der Waals surface area (Å²) in [6.45, 7) is 0.288. The lowest BCUT2D eigenvalue weighted by Crippen LogP contribution is -2.35. The molecule has 1 atom stereocenters. The van der Waals surface area contributed by atoms with Gasteiger partial charge in [-0.2, -0.15) is 0 Å². The first kappa shape index (κ1) is 8.26. The highest BCUT2D eigenvalue weighted by Crippen LogP contribution is 2.21. The van der Waals surface area contributed by atoms with E-state index in [-0.39, 0.29) is 12.4 Å². The fourth-order valence-electron chi connectivity index (χ4n) is 1.38. The number of fused-ring (bicyclic) bond motifs is 1. The molecule has 0 fully saturated rings. The summed E-state index contributed by atoms with van der Waals surface area (Å²) in [7, 11) is 0. The van der Waals surface area contributed by atoms with Crippen LogP contribution >= 0.6 is 0 Å². The zero-order valence-electron chi connectivity index (χ0n) is 7.19. The molecule has 1 heterocycles. The number of hydrogen-bond donors (Lipinski definition) is 1. The second-order valence-corrected chi connectivity index (χ2v) is 3.17. The zero-order chi connectivity index (χ0) is 9.26. The van der Waals surface area contributed by atoms with E-state index in [9.17, 15) is 4.79 Å². The lowest BCUT2D eigenvalue weighted by Gasteiger charge is -2.06. The quantitative estimate of drug-likeness (QED) is 0.628. The van der Waals surface area contributed by atoms with E-state index in [1.807, 2.05) is 24.3 Å². The molecule has 1 aliphatic heterocycles. The maximum Gasteiger partial charge on any atom is 0.157 e. The number of ketones is 1. The molecule has 0 saturated carbocycles. The molecule has 3 nitrogen and oxygen atoms in total. The Hall–Kier alpha value is -1.35. The van der Waals surface area contributed by atoms with Crippen LogP contribution in [0.1, 0.15) is 5.56 Å². The smallest absolute Gasteiger partial charge is 0.157 e. The van der Waals surface area contributed by atoms with Crippen molar-refractivity contribution in [1.29, 1.82) is 0 Å². The molecular formula is C10H11NO2. The van der Waals surface area contributed by atoms with Crippen molar-refractivity contribution in [1.82, 2.24) is 0 Å². The van der Waals surface area contributed by atoms with Gasteiger partial charge in [-0.15, -0.1) is 0 Å². The van der Waals surface area contributed by atoms with Crippen molar-refractivity contribution in [2.45, 2.75) is 12.5 Å². The van der Waals surface area contributed by atoms with Crippen LogP contribution in [0.2, 0.25) is 0 Å². The number of para-hydroxylation sites is 1. The molecule has 1 aromatic rings. The van der Waals surface area contributed by atoms with Gasteiger partial charge in [-0.3, -0.25) is 4.79 Å². The van der Waals surface area contributed by atoms with Crippen LogP contribution in [0.15, 0.2) is 24.3 Å². The topological polar surface area (TPSA) is 52.3 Å². The summed E-state index contributed by atoms with van der Waals surface area (Å²) >= 11 is 0. The third kappa shape index (κ3) is 1.55. The van der Waals surface area contributed by atoms with Gasteiger partial charge in [0, 0.05) is 12.0 Å². The first-order valence-electron chi connectivity index (χ1n) is 4.26. The van der Waals surface area contributed by atoms with Crippen molar-refractivity contribution in [3.8, 4) is 5.75 Å². The van der Waals surface area contributed by atoms with Crippen LogP contribution < -0.4 is 10.5 Å². The Morgan fingerprint density at radius 2 is 2.15 bits per heavy atom. The van der Waals surface area contributed by atoms with E-state index in [1.54, 1.807) is 0 Å². The molecule has 0 amide bonds. The molecule has 0 bridgehead atoms. The lowest BCUT2D eigenvalue weighted by molar-refractivity contribution is -0.119. The number of carbonyl (C=O) groups excluding carboxylic acids is 1. The first-order valence-corrected chi connectivity index (χ1v) is 4.26. The number of Topliss-reactive ketones (excluding diaryl/α,β-unsaturated/α-hetero) is 1. The van der Waals surface area contributed by atoms with Crippen LogP contribution in [0.5, 0.6) is 5.75 Å². The largest absolute Gasteiger partial charge is 0.491 e. The summed E-state index contributed by atoms with van der Waals surface area (Å²) in [5.74, 6) is 0.828.